The summed E-state index contributed by atoms with van der Waals surface area (Å²) in [6, 6.07) is 0. The Hall–Kier alpha value is -0.210. The lowest BCUT2D eigenvalue weighted by Gasteiger charge is -2.05. The average Bonchev–Trinajstić information content (AvgIpc) is 2.14. The van der Waals surface area contributed by atoms with Gasteiger partial charge in [-0.05, 0) is 6.92 Å². The van der Waals surface area contributed by atoms with Crippen LogP contribution in [0.25, 0.3) is 0 Å². The smallest absolute Gasteiger partial charge is 0.267 e. The molecule has 15 heavy (non-hydrogen) atoms. The van der Waals surface area contributed by atoms with Crippen LogP contribution in [-0.2, 0) is 24.3 Å². The van der Waals surface area contributed by atoms with Gasteiger partial charge in [-0.1, -0.05) is 0 Å². The van der Waals surface area contributed by atoms with Crippen LogP contribution in [0.4, 0.5) is 0 Å². The van der Waals surface area contributed by atoms with Crippen LogP contribution in [0.5, 0.6) is 0 Å². The topological polar surface area (TPSA) is 82.1 Å². The third-order valence-corrected chi connectivity index (χ3v) is 2.12. The van der Waals surface area contributed by atoms with E-state index >= 15 is 0 Å². The molecule has 0 aliphatic rings. The maximum atomic E-state index is 10.3. The highest BCUT2D eigenvalue weighted by Gasteiger charge is 2.02. The first-order valence-electron chi connectivity index (χ1n) is 4.74. The van der Waals surface area contributed by atoms with Gasteiger partial charge in [0, 0.05) is 6.61 Å². The zero-order valence-electron chi connectivity index (χ0n) is 8.85. The van der Waals surface area contributed by atoms with Crippen molar-refractivity contribution in [3.8, 4) is 0 Å². The molecule has 0 rings (SSSR count). The van der Waals surface area contributed by atoms with Gasteiger partial charge in [0.1, 0.15) is 0 Å². The number of ether oxygens (including phenoxy) is 3. The molecule has 0 saturated carbocycles. The predicted octanol–water partition coefficient (Wildman–Crippen LogP) is -0.0561. The molecule has 6 nitrogen and oxygen atoms in total. The fraction of sp³-hybridized carbons (Fsp3) is 1.00. The second kappa shape index (κ2) is 9.05. The Kier molecular flexibility index (Phi) is 8.92. The molecule has 0 saturated heterocycles. The zero-order chi connectivity index (χ0) is 11.6. The molecule has 0 unspecified atom stereocenters. The summed E-state index contributed by atoms with van der Waals surface area (Å²) in [5.41, 5.74) is 0. The van der Waals surface area contributed by atoms with Crippen LogP contribution in [-0.4, -0.2) is 58.4 Å². The third-order valence-electron chi connectivity index (χ3n) is 1.43. The second-order valence-electron chi connectivity index (χ2n) is 2.71. The molecule has 92 valence electrons. The minimum absolute atomic E-state index is 0.0202. The van der Waals surface area contributed by atoms with Crippen LogP contribution in [0, 0.1) is 0 Å². The van der Waals surface area contributed by atoms with Crippen LogP contribution in [0.1, 0.15) is 6.92 Å². The lowest BCUT2D eigenvalue weighted by atomic mass is 10.7. The molecule has 0 aliphatic carbocycles. The van der Waals surface area contributed by atoms with E-state index in [9.17, 15) is 8.42 Å². The highest BCUT2D eigenvalue weighted by molar-refractivity contribution is 7.85. The van der Waals surface area contributed by atoms with Gasteiger partial charge >= 0.3 is 0 Å². The quantitative estimate of drug-likeness (QED) is 0.427. The number of rotatable bonds is 10. The van der Waals surface area contributed by atoms with Gasteiger partial charge in [-0.15, -0.1) is 0 Å². The lowest BCUT2D eigenvalue weighted by Crippen LogP contribution is -2.14. The van der Waals surface area contributed by atoms with Crippen molar-refractivity contribution < 1.29 is 27.2 Å². The molecule has 1 N–H and O–H groups in total. The van der Waals surface area contributed by atoms with Crippen molar-refractivity contribution in [3.63, 3.8) is 0 Å². The minimum atomic E-state index is -3.91. The van der Waals surface area contributed by atoms with E-state index in [-0.39, 0.29) is 12.4 Å². The summed E-state index contributed by atoms with van der Waals surface area (Å²) in [5, 5.41) is 0. The summed E-state index contributed by atoms with van der Waals surface area (Å²) in [7, 11) is -3.91. The molecule has 0 aliphatic heterocycles. The maximum Gasteiger partial charge on any atom is 0.267 e. The van der Waals surface area contributed by atoms with Gasteiger partial charge in [-0.25, -0.2) is 0 Å². The third kappa shape index (κ3) is 13.8. The average molecular weight is 242 g/mol. The van der Waals surface area contributed by atoms with Gasteiger partial charge in [-0.2, -0.15) is 8.42 Å². The molecule has 0 heterocycles. The molecule has 0 atom stereocenters. The second-order valence-corrected chi connectivity index (χ2v) is 4.28. The van der Waals surface area contributed by atoms with Crippen molar-refractivity contribution in [1.29, 1.82) is 0 Å². The molecule has 0 bridgehead atoms. The van der Waals surface area contributed by atoms with Crippen molar-refractivity contribution in [2.24, 2.45) is 0 Å². The summed E-state index contributed by atoms with van der Waals surface area (Å²) in [5.74, 6) is -0.383. The van der Waals surface area contributed by atoms with E-state index in [0.29, 0.717) is 33.0 Å². The van der Waals surface area contributed by atoms with Crippen molar-refractivity contribution in [3.05, 3.63) is 0 Å². The minimum Gasteiger partial charge on any atom is -0.379 e. The molecule has 0 amide bonds. The Morgan fingerprint density at radius 3 is 1.87 bits per heavy atom. The molecular weight excluding hydrogens is 224 g/mol. The van der Waals surface area contributed by atoms with E-state index in [1.54, 1.807) is 0 Å². The van der Waals surface area contributed by atoms with Gasteiger partial charge in [0.2, 0.25) is 0 Å². The first-order valence-corrected chi connectivity index (χ1v) is 6.35. The van der Waals surface area contributed by atoms with E-state index in [1.807, 2.05) is 6.92 Å². The van der Waals surface area contributed by atoms with Crippen molar-refractivity contribution in [2.75, 3.05) is 45.4 Å². The molecule has 0 aromatic rings. The molecule has 0 fully saturated rings. The summed E-state index contributed by atoms with van der Waals surface area (Å²) in [4.78, 5) is 0. The van der Waals surface area contributed by atoms with Gasteiger partial charge < -0.3 is 14.2 Å². The Labute approximate surface area is 90.3 Å². The SMILES string of the molecule is CCOCCOCCOCCS(=O)(=O)O. The Bertz CT molecular complexity index is 225. The van der Waals surface area contributed by atoms with Gasteiger partial charge in [0.05, 0.1) is 38.8 Å². The van der Waals surface area contributed by atoms with Crippen LogP contribution < -0.4 is 0 Å². The Balaban J connectivity index is 3.06. The zero-order valence-corrected chi connectivity index (χ0v) is 9.66. The van der Waals surface area contributed by atoms with Crippen molar-refractivity contribution in [2.45, 2.75) is 6.92 Å². The van der Waals surface area contributed by atoms with Gasteiger partial charge in [0.25, 0.3) is 10.1 Å². The highest BCUT2D eigenvalue weighted by Crippen LogP contribution is 1.85. The number of hydrogen-bond donors (Lipinski definition) is 1. The van der Waals surface area contributed by atoms with E-state index in [4.69, 9.17) is 18.8 Å². The first kappa shape index (κ1) is 14.8. The van der Waals surface area contributed by atoms with Crippen LogP contribution >= 0.6 is 0 Å². The van der Waals surface area contributed by atoms with Crippen LogP contribution in [0.2, 0.25) is 0 Å². The fourth-order valence-corrected chi connectivity index (χ4v) is 1.08. The van der Waals surface area contributed by atoms with Crippen molar-refractivity contribution >= 4 is 10.1 Å². The van der Waals surface area contributed by atoms with E-state index in [1.165, 1.54) is 0 Å². The van der Waals surface area contributed by atoms with Crippen molar-refractivity contribution in [1.82, 2.24) is 0 Å². The standard InChI is InChI=1S/C8H18O6S/c1-2-12-3-4-13-5-6-14-7-8-15(9,10)11/h2-8H2,1H3,(H,9,10,11). The molecule has 0 radical (unpaired) electrons. The summed E-state index contributed by atoms with van der Waals surface area (Å²) in [6.45, 7) is 4.28. The Morgan fingerprint density at radius 1 is 0.933 bits per heavy atom. The van der Waals surface area contributed by atoms with E-state index in [0.717, 1.165) is 0 Å². The largest absolute Gasteiger partial charge is 0.379 e. The summed E-state index contributed by atoms with van der Waals surface area (Å²) < 4.78 is 43.9. The van der Waals surface area contributed by atoms with E-state index in [2.05, 4.69) is 0 Å². The summed E-state index contributed by atoms with van der Waals surface area (Å²) in [6.07, 6.45) is 0. The highest BCUT2D eigenvalue weighted by atomic mass is 32.2. The summed E-state index contributed by atoms with van der Waals surface area (Å²) >= 11 is 0. The molecule has 0 spiro atoms. The number of hydrogen-bond acceptors (Lipinski definition) is 5. The molecular formula is C8H18O6S. The fourth-order valence-electron chi connectivity index (χ4n) is 0.748. The predicted molar refractivity (Wildman–Crippen MR) is 54.5 cm³/mol. The maximum absolute atomic E-state index is 10.3. The monoisotopic (exact) mass is 242 g/mol. The Morgan fingerprint density at radius 2 is 1.40 bits per heavy atom. The van der Waals surface area contributed by atoms with E-state index < -0.39 is 10.1 Å². The molecule has 0 aromatic carbocycles. The lowest BCUT2D eigenvalue weighted by molar-refractivity contribution is 0.0197. The first-order chi connectivity index (χ1) is 7.06. The van der Waals surface area contributed by atoms with Gasteiger partial charge in [0.15, 0.2) is 0 Å². The van der Waals surface area contributed by atoms with Crippen LogP contribution in [0.3, 0.4) is 0 Å². The van der Waals surface area contributed by atoms with Crippen LogP contribution in [0.15, 0.2) is 0 Å². The normalized spacial score (nSPS) is 11.9. The molecule has 7 heteroatoms. The molecule has 0 aromatic heterocycles. The van der Waals surface area contributed by atoms with Gasteiger partial charge in [-0.3, -0.25) is 4.55 Å².